The Morgan fingerprint density at radius 1 is 0.531 bits per heavy atom. The Morgan fingerprint density at radius 3 is 2.06 bits per heavy atom. The van der Waals surface area contributed by atoms with Gasteiger partial charge in [0.1, 0.15) is 24.0 Å². The van der Waals surface area contributed by atoms with E-state index in [0.717, 1.165) is 39.4 Å². The molecule has 0 saturated heterocycles. The zero-order chi connectivity index (χ0) is 44.1. The first kappa shape index (κ1) is 39.7. The minimum absolute atomic E-state index is 0.00934. The molecule has 1 aliphatic carbocycles. The van der Waals surface area contributed by atoms with E-state index in [-0.39, 0.29) is 16.2 Å². The van der Waals surface area contributed by atoms with E-state index in [1.165, 1.54) is 67.0 Å². The molecule has 0 N–H and O–H groups in total. The first-order chi connectivity index (χ1) is 30.8. The SMILES string of the molecule is CC(C)(C)c1ccnc(-n2c3ccccc3c3ccc(Oc4cccc(N5CN(c6c(-c7ccccc7)ccc7c6-c6ccccc6C7(C)C)c6ccc(C(C)(C)C)cc65)c4)cc32)c1. The number of rotatable bonds is 6. The van der Waals surface area contributed by atoms with Crippen molar-refractivity contribution in [2.75, 3.05) is 16.5 Å². The summed E-state index contributed by atoms with van der Waals surface area (Å²) in [5.41, 5.74) is 17.0. The van der Waals surface area contributed by atoms with E-state index in [0.29, 0.717) is 6.67 Å². The van der Waals surface area contributed by atoms with Crippen LogP contribution in [0.15, 0.2) is 170 Å². The summed E-state index contributed by atoms with van der Waals surface area (Å²) in [5.74, 6) is 2.45. The highest BCUT2D eigenvalue weighted by atomic mass is 16.5. The largest absolute Gasteiger partial charge is 0.457 e. The molecule has 0 bridgehead atoms. The maximum atomic E-state index is 6.85. The van der Waals surface area contributed by atoms with Gasteiger partial charge in [0.25, 0.3) is 0 Å². The molecule has 3 heterocycles. The molecular formula is C59H54N4O. The van der Waals surface area contributed by atoms with Crippen LogP contribution in [0.4, 0.5) is 22.7 Å². The quantitative estimate of drug-likeness (QED) is 0.167. The second-order valence-electron chi connectivity index (χ2n) is 20.2. The van der Waals surface area contributed by atoms with E-state index in [2.05, 4.69) is 234 Å². The summed E-state index contributed by atoms with van der Waals surface area (Å²) in [6.07, 6.45) is 1.93. The lowest BCUT2D eigenvalue weighted by molar-refractivity contribution is 0.483. The number of pyridine rings is 1. The van der Waals surface area contributed by atoms with Crippen LogP contribution >= 0.6 is 0 Å². The lowest BCUT2D eigenvalue weighted by Gasteiger charge is -2.28. The van der Waals surface area contributed by atoms with Crippen LogP contribution in [0.5, 0.6) is 11.5 Å². The van der Waals surface area contributed by atoms with Gasteiger partial charge in [0.15, 0.2) is 0 Å². The molecule has 11 rings (SSSR count). The number of hydrogen-bond donors (Lipinski definition) is 0. The van der Waals surface area contributed by atoms with Gasteiger partial charge < -0.3 is 14.5 Å². The van der Waals surface area contributed by atoms with Crippen molar-refractivity contribution in [3.8, 4) is 39.6 Å². The normalized spacial score (nSPS) is 14.2. The van der Waals surface area contributed by atoms with Crippen molar-refractivity contribution in [1.82, 2.24) is 9.55 Å². The maximum absolute atomic E-state index is 6.85. The van der Waals surface area contributed by atoms with Gasteiger partial charge >= 0.3 is 0 Å². The zero-order valence-corrected chi connectivity index (χ0v) is 38.1. The highest BCUT2D eigenvalue weighted by molar-refractivity contribution is 6.09. The Balaban J connectivity index is 1.03. The van der Waals surface area contributed by atoms with Gasteiger partial charge in [0, 0.05) is 51.3 Å². The van der Waals surface area contributed by atoms with Crippen LogP contribution < -0.4 is 14.5 Å². The van der Waals surface area contributed by atoms with Crippen LogP contribution in [0.2, 0.25) is 0 Å². The fraction of sp³-hybridized carbons (Fsp3) is 0.203. The minimum atomic E-state index is -0.135. The van der Waals surface area contributed by atoms with Crippen molar-refractivity contribution < 1.29 is 4.74 Å². The van der Waals surface area contributed by atoms with Crippen LogP contribution in [-0.2, 0) is 16.2 Å². The summed E-state index contributed by atoms with van der Waals surface area (Å²) in [6.45, 7) is 19.0. The number of fused-ring (bicyclic) bond motifs is 7. The van der Waals surface area contributed by atoms with Crippen LogP contribution in [0.25, 0.3) is 49.9 Å². The second kappa shape index (κ2) is 14.5. The predicted octanol–water partition coefficient (Wildman–Crippen LogP) is 15.8. The number of anilines is 4. The topological polar surface area (TPSA) is 33.5 Å². The molecule has 316 valence electrons. The van der Waals surface area contributed by atoms with Gasteiger partial charge in [-0.1, -0.05) is 152 Å². The maximum Gasteiger partial charge on any atom is 0.137 e. The predicted molar refractivity (Wildman–Crippen MR) is 268 cm³/mol. The molecule has 0 unspecified atom stereocenters. The third kappa shape index (κ3) is 6.39. The monoisotopic (exact) mass is 834 g/mol. The van der Waals surface area contributed by atoms with Crippen molar-refractivity contribution in [2.45, 2.75) is 71.6 Å². The number of benzene rings is 7. The molecule has 0 radical (unpaired) electrons. The van der Waals surface area contributed by atoms with Crippen molar-refractivity contribution >= 4 is 44.6 Å². The molecule has 64 heavy (non-hydrogen) atoms. The van der Waals surface area contributed by atoms with E-state index < -0.39 is 0 Å². The molecule has 0 spiro atoms. The molecule has 0 atom stereocenters. The molecule has 2 aromatic heterocycles. The van der Waals surface area contributed by atoms with Crippen LogP contribution in [0, 0.1) is 0 Å². The van der Waals surface area contributed by atoms with E-state index in [1.807, 2.05) is 6.20 Å². The van der Waals surface area contributed by atoms with Crippen molar-refractivity contribution in [1.29, 1.82) is 0 Å². The molecule has 5 nitrogen and oxygen atoms in total. The first-order valence-electron chi connectivity index (χ1n) is 22.6. The molecule has 7 aromatic carbocycles. The first-order valence-corrected chi connectivity index (χ1v) is 22.6. The van der Waals surface area contributed by atoms with Gasteiger partial charge in [-0.3, -0.25) is 4.57 Å². The van der Waals surface area contributed by atoms with Crippen molar-refractivity contribution in [3.63, 3.8) is 0 Å². The average Bonchev–Trinajstić information content (AvgIpc) is 3.91. The van der Waals surface area contributed by atoms with E-state index >= 15 is 0 Å². The molecule has 0 amide bonds. The van der Waals surface area contributed by atoms with E-state index in [4.69, 9.17) is 9.72 Å². The fourth-order valence-electron chi connectivity index (χ4n) is 10.2. The second-order valence-corrected chi connectivity index (χ2v) is 20.2. The highest BCUT2D eigenvalue weighted by Gasteiger charge is 2.41. The number of nitrogens with zero attached hydrogens (tertiary/aromatic N) is 4. The highest BCUT2D eigenvalue weighted by Crippen LogP contribution is 2.58. The lowest BCUT2D eigenvalue weighted by Crippen LogP contribution is -2.25. The summed E-state index contributed by atoms with van der Waals surface area (Å²) >= 11 is 0. The molecule has 0 fully saturated rings. The molecule has 0 saturated carbocycles. The Labute approximate surface area is 377 Å². The number of aromatic nitrogens is 2. The molecule has 1 aliphatic heterocycles. The summed E-state index contributed by atoms with van der Waals surface area (Å²) < 4.78 is 9.13. The van der Waals surface area contributed by atoms with Gasteiger partial charge in [0.2, 0.25) is 0 Å². The van der Waals surface area contributed by atoms with Crippen LogP contribution in [-0.4, -0.2) is 16.2 Å². The molecule has 2 aliphatic rings. The van der Waals surface area contributed by atoms with Gasteiger partial charge in [-0.2, -0.15) is 0 Å². The molecular weight excluding hydrogens is 781 g/mol. The summed E-state index contributed by atoms with van der Waals surface area (Å²) in [4.78, 5) is 9.93. The van der Waals surface area contributed by atoms with Crippen LogP contribution in [0.1, 0.15) is 77.6 Å². The number of para-hydroxylation sites is 1. The number of hydrogen-bond acceptors (Lipinski definition) is 4. The van der Waals surface area contributed by atoms with E-state index in [9.17, 15) is 0 Å². The smallest absolute Gasteiger partial charge is 0.137 e. The fourth-order valence-corrected chi connectivity index (χ4v) is 10.2. The Bertz CT molecular complexity index is 3290. The molecule has 9 aromatic rings. The third-order valence-electron chi connectivity index (χ3n) is 13.6. The van der Waals surface area contributed by atoms with Crippen LogP contribution in [0.3, 0.4) is 0 Å². The van der Waals surface area contributed by atoms with Crippen molar-refractivity contribution in [2.24, 2.45) is 0 Å². The van der Waals surface area contributed by atoms with Crippen molar-refractivity contribution in [3.05, 3.63) is 192 Å². The molecule has 5 heteroatoms. The lowest BCUT2D eigenvalue weighted by atomic mass is 9.82. The van der Waals surface area contributed by atoms with Gasteiger partial charge in [-0.05, 0) is 98.8 Å². The zero-order valence-electron chi connectivity index (χ0n) is 38.1. The average molecular weight is 835 g/mol. The Hall–Kier alpha value is -7.11. The minimum Gasteiger partial charge on any atom is -0.457 e. The Morgan fingerprint density at radius 2 is 1.25 bits per heavy atom. The summed E-state index contributed by atoms with van der Waals surface area (Å²) in [7, 11) is 0. The Kier molecular flexibility index (Phi) is 8.98. The third-order valence-corrected chi connectivity index (χ3v) is 13.6. The summed E-state index contributed by atoms with van der Waals surface area (Å²) in [6, 6.07) is 59.6. The summed E-state index contributed by atoms with van der Waals surface area (Å²) in [5, 5.41) is 2.35. The standard InChI is InChI=1S/C59H54N4O/c1-57(2,3)39-25-30-51-53(33-39)61(37-62(51)56-44(38-17-10-9-11-18-38)28-29-49-55(56)47-22-12-14-23-48(47)59(49,7)8)41-19-16-20-42(35-41)64-43-26-27-46-45-21-13-15-24-50(45)63(52(46)36-43)54-34-40(31-32-60-54)58(4,5)6/h9-36H,37H2,1-8H3. The number of ether oxygens (including phenoxy) is 1. The van der Waals surface area contributed by atoms with E-state index in [1.54, 1.807) is 0 Å². The van der Waals surface area contributed by atoms with Gasteiger partial charge in [0.05, 0.1) is 28.1 Å². The van der Waals surface area contributed by atoms with Gasteiger partial charge in [-0.25, -0.2) is 4.98 Å². The van der Waals surface area contributed by atoms with Gasteiger partial charge in [-0.15, -0.1) is 0 Å².